The van der Waals surface area contributed by atoms with Crippen LogP contribution in [0.4, 0.5) is 5.69 Å². The van der Waals surface area contributed by atoms with Gasteiger partial charge in [0.15, 0.2) is 0 Å². The topological polar surface area (TPSA) is 71.5 Å². The van der Waals surface area contributed by atoms with Gasteiger partial charge in [-0.3, -0.25) is 19.5 Å². The number of para-hydroxylation sites is 2. The molecule has 0 fully saturated rings. The van der Waals surface area contributed by atoms with Crippen LogP contribution in [-0.4, -0.2) is 28.8 Å². The van der Waals surface area contributed by atoms with Crippen molar-refractivity contribution in [1.82, 2.24) is 9.88 Å². The first kappa shape index (κ1) is 19.4. The van der Waals surface area contributed by atoms with Crippen molar-refractivity contribution in [2.24, 2.45) is 0 Å². The third-order valence-corrected chi connectivity index (χ3v) is 4.94. The van der Waals surface area contributed by atoms with Crippen LogP contribution in [0, 0.1) is 6.92 Å². The van der Waals surface area contributed by atoms with Crippen LogP contribution in [0.1, 0.15) is 16.7 Å². The zero-order chi connectivity index (χ0) is 21.1. The van der Waals surface area contributed by atoms with E-state index in [1.165, 1.54) is 4.90 Å². The molecular weight excluding hydrogens is 378 g/mol. The number of carbonyl (C=O) groups excluding carboxylic acids is 2. The fraction of sp³-hybridized carbons (Fsp3) is 0.125. The quantitative estimate of drug-likeness (QED) is 0.639. The summed E-state index contributed by atoms with van der Waals surface area (Å²) >= 11 is 0. The SMILES string of the molecule is COc1ccccc1NC1=C(c2ccc(C)cc2)C(=O)N(Cc2cccnc2)C1=O. The fourth-order valence-electron chi connectivity index (χ4n) is 3.38. The zero-order valence-corrected chi connectivity index (χ0v) is 16.8. The van der Waals surface area contributed by atoms with E-state index in [0.29, 0.717) is 22.6 Å². The summed E-state index contributed by atoms with van der Waals surface area (Å²) in [5, 5.41) is 3.15. The second-order valence-electron chi connectivity index (χ2n) is 7.00. The predicted octanol–water partition coefficient (Wildman–Crippen LogP) is 3.79. The molecule has 1 aliphatic heterocycles. The van der Waals surface area contributed by atoms with Crippen LogP contribution in [0.2, 0.25) is 0 Å². The molecule has 1 N–H and O–H groups in total. The number of hydrogen-bond donors (Lipinski definition) is 1. The first-order chi connectivity index (χ1) is 14.6. The van der Waals surface area contributed by atoms with Crippen LogP contribution < -0.4 is 10.1 Å². The van der Waals surface area contributed by atoms with E-state index in [1.807, 2.05) is 49.4 Å². The zero-order valence-electron chi connectivity index (χ0n) is 16.8. The minimum Gasteiger partial charge on any atom is -0.495 e. The summed E-state index contributed by atoms with van der Waals surface area (Å²) in [6.07, 6.45) is 3.31. The first-order valence-corrected chi connectivity index (χ1v) is 9.55. The van der Waals surface area contributed by atoms with Gasteiger partial charge in [0.25, 0.3) is 11.8 Å². The van der Waals surface area contributed by atoms with Crippen molar-refractivity contribution >= 4 is 23.1 Å². The van der Waals surface area contributed by atoms with Gasteiger partial charge in [0.1, 0.15) is 11.4 Å². The minimum atomic E-state index is -0.384. The number of nitrogens with zero attached hydrogens (tertiary/aromatic N) is 2. The van der Waals surface area contributed by atoms with E-state index in [2.05, 4.69) is 10.3 Å². The van der Waals surface area contributed by atoms with Crippen molar-refractivity contribution in [3.8, 4) is 5.75 Å². The summed E-state index contributed by atoms with van der Waals surface area (Å²) in [4.78, 5) is 31.9. The summed E-state index contributed by atoms with van der Waals surface area (Å²) < 4.78 is 5.39. The number of methoxy groups -OCH3 is 1. The molecule has 2 amide bonds. The number of aryl methyl sites for hydroxylation is 1. The van der Waals surface area contributed by atoms with E-state index in [0.717, 1.165) is 11.1 Å². The molecule has 0 saturated heterocycles. The van der Waals surface area contributed by atoms with E-state index in [-0.39, 0.29) is 24.1 Å². The summed E-state index contributed by atoms with van der Waals surface area (Å²) in [5.74, 6) is -0.144. The van der Waals surface area contributed by atoms with Gasteiger partial charge in [-0.05, 0) is 36.2 Å². The van der Waals surface area contributed by atoms with Crippen molar-refractivity contribution in [1.29, 1.82) is 0 Å². The van der Waals surface area contributed by atoms with E-state index in [1.54, 1.807) is 37.7 Å². The molecule has 0 spiro atoms. The molecule has 2 aromatic carbocycles. The highest BCUT2D eigenvalue weighted by Gasteiger charge is 2.39. The molecule has 0 bridgehead atoms. The first-order valence-electron chi connectivity index (χ1n) is 9.55. The number of benzene rings is 2. The number of rotatable bonds is 6. The summed E-state index contributed by atoms with van der Waals surface area (Å²) in [5.41, 5.74) is 3.73. The molecule has 4 rings (SSSR count). The molecule has 30 heavy (non-hydrogen) atoms. The van der Waals surface area contributed by atoms with Gasteiger partial charge < -0.3 is 10.1 Å². The van der Waals surface area contributed by atoms with Gasteiger partial charge in [0.05, 0.1) is 24.9 Å². The van der Waals surface area contributed by atoms with Crippen molar-refractivity contribution in [2.45, 2.75) is 13.5 Å². The maximum absolute atomic E-state index is 13.3. The number of nitrogens with one attached hydrogen (secondary N) is 1. The predicted molar refractivity (Wildman–Crippen MR) is 115 cm³/mol. The molecule has 0 radical (unpaired) electrons. The molecular formula is C24H21N3O3. The number of carbonyl (C=O) groups is 2. The lowest BCUT2D eigenvalue weighted by Crippen LogP contribution is -2.32. The Bertz CT molecular complexity index is 1120. The Labute approximate surface area is 174 Å². The highest BCUT2D eigenvalue weighted by molar-refractivity contribution is 6.36. The Morgan fingerprint density at radius 3 is 2.43 bits per heavy atom. The number of amides is 2. The molecule has 1 aromatic heterocycles. The molecule has 1 aliphatic rings. The van der Waals surface area contributed by atoms with E-state index < -0.39 is 0 Å². The van der Waals surface area contributed by atoms with Crippen molar-refractivity contribution in [3.05, 3.63) is 95.4 Å². The van der Waals surface area contributed by atoms with Crippen LogP contribution in [-0.2, 0) is 16.1 Å². The average molecular weight is 399 g/mol. The molecule has 0 unspecified atom stereocenters. The molecule has 0 saturated carbocycles. The van der Waals surface area contributed by atoms with Gasteiger partial charge in [-0.1, -0.05) is 48.0 Å². The molecule has 6 heteroatoms. The molecule has 0 atom stereocenters. The Morgan fingerprint density at radius 2 is 1.73 bits per heavy atom. The lowest BCUT2D eigenvalue weighted by Gasteiger charge is -2.15. The van der Waals surface area contributed by atoms with Gasteiger partial charge >= 0.3 is 0 Å². The van der Waals surface area contributed by atoms with E-state index in [4.69, 9.17) is 4.74 Å². The van der Waals surface area contributed by atoms with Crippen LogP contribution in [0.3, 0.4) is 0 Å². The van der Waals surface area contributed by atoms with Crippen LogP contribution in [0.5, 0.6) is 5.75 Å². The molecule has 150 valence electrons. The molecule has 2 heterocycles. The Hall–Kier alpha value is -3.93. The highest BCUT2D eigenvalue weighted by atomic mass is 16.5. The lowest BCUT2D eigenvalue weighted by molar-refractivity contribution is -0.137. The molecule has 6 nitrogen and oxygen atoms in total. The normalized spacial score (nSPS) is 13.7. The Balaban J connectivity index is 1.77. The van der Waals surface area contributed by atoms with E-state index >= 15 is 0 Å². The standard InChI is InChI=1S/C24H21N3O3/c1-16-9-11-18(12-10-16)21-22(26-19-7-3-4-8-20(19)30-2)24(29)27(23(21)28)15-17-6-5-13-25-14-17/h3-14,26H,15H2,1-2H3. The summed E-state index contributed by atoms with van der Waals surface area (Å²) in [6.45, 7) is 2.13. The van der Waals surface area contributed by atoms with E-state index in [9.17, 15) is 9.59 Å². The maximum Gasteiger partial charge on any atom is 0.278 e. The number of imide groups is 1. The van der Waals surface area contributed by atoms with Gasteiger partial charge in [-0.15, -0.1) is 0 Å². The smallest absolute Gasteiger partial charge is 0.278 e. The lowest BCUT2D eigenvalue weighted by atomic mass is 10.0. The van der Waals surface area contributed by atoms with Crippen LogP contribution in [0.15, 0.2) is 78.8 Å². The number of aromatic nitrogens is 1. The van der Waals surface area contributed by atoms with Crippen LogP contribution in [0.25, 0.3) is 5.57 Å². The summed E-state index contributed by atoms with van der Waals surface area (Å²) in [6, 6.07) is 18.5. The number of anilines is 1. The monoisotopic (exact) mass is 399 g/mol. The van der Waals surface area contributed by atoms with Gasteiger partial charge in [0.2, 0.25) is 0 Å². The van der Waals surface area contributed by atoms with Crippen molar-refractivity contribution in [3.63, 3.8) is 0 Å². The third-order valence-electron chi connectivity index (χ3n) is 4.94. The second-order valence-corrected chi connectivity index (χ2v) is 7.00. The van der Waals surface area contributed by atoms with Gasteiger partial charge in [-0.25, -0.2) is 0 Å². The second kappa shape index (κ2) is 8.21. The fourth-order valence-corrected chi connectivity index (χ4v) is 3.38. The highest BCUT2D eigenvalue weighted by Crippen LogP contribution is 2.34. The molecule has 0 aliphatic carbocycles. The van der Waals surface area contributed by atoms with Crippen molar-refractivity contribution < 1.29 is 14.3 Å². The van der Waals surface area contributed by atoms with Gasteiger partial charge in [-0.2, -0.15) is 0 Å². The Morgan fingerprint density at radius 1 is 0.967 bits per heavy atom. The largest absolute Gasteiger partial charge is 0.495 e. The van der Waals surface area contributed by atoms with Crippen molar-refractivity contribution in [2.75, 3.05) is 12.4 Å². The van der Waals surface area contributed by atoms with Crippen LogP contribution >= 0.6 is 0 Å². The minimum absolute atomic E-state index is 0.151. The average Bonchev–Trinajstić information content (AvgIpc) is 3.00. The summed E-state index contributed by atoms with van der Waals surface area (Å²) in [7, 11) is 1.56. The number of pyridine rings is 1. The maximum atomic E-state index is 13.3. The van der Waals surface area contributed by atoms with Gasteiger partial charge in [0, 0.05) is 12.4 Å². The Kier molecular flexibility index (Phi) is 5.30. The third kappa shape index (κ3) is 3.67. The molecule has 3 aromatic rings. The number of ether oxygens (including phenoxy) is 1. The number of hydrogen-bond acceptors (Lipinski definition) is 5.